The fourth-order valence-electron chi connectivity index (χ4n) is 4.34. The molecule has 0 atom stereocenters. The van der Waals surface area contributed by atoms with Crippen molar-refractivity contribution in [1.29, 1.82) is 0 Å². The lowest BCUT2D eigenvalue weighted by atomic mass is 10.1. The fourth-order valence-corrected chi connectivity index (χ4v) is 5.43. The average Bonchev–Trinajstić information content (AvgIpc) is 3.31. The van der Waals surface area contributed by atoms with E-state index in [-0.39, 0.29) is 11.2 Å². The zero-order valence-electron chi connectivity index (χ0n) is 18.2. The number of benzene rings is 2. The van der Waals surface area contributed by atoms with Crippen LogP contribution in [0.3, 0.4) is 0 Å². The second kappa shape index (κ2) is 8.92. The van der Waals surface area contributed by atoms with E-state index in [1.807, 2.05) is 48.5 Å². The molecule has 1 N–H and O–H groups in total. The molecule has 1 aliphatic heterocycles. The van der Waals surface area contributed by atoms with Crippen LogP contribution in [0.1, 0.15) is 12.8 Å². The summed E-state index contributed by atoms with van der Waals surface area (Å²) < 4.78 is 27.9. The summed E-state index contributed by atoms with van der Waals surface area (Å²) in [6.07, 6.45) is 4.01. The van der Waals surface area contributed by atoms with Crippen molar-refractivity contribution in [2.24, 2.45) is 0 Å². The van der Waals surface area contributed by atoms with Gasteiger partial charge in [0.2, 0.25) is 10.0 Å². The van der Waals surface area contributed by atoms with Gasteiger partial charge < -0.3 is 4.90 Å². The van der Waals surface area contributed by atoms with E-state index in [0.717, 1.165) is 42.4 Å². The van der Waals surface area contributed by atoms with Crippen LogP contribution in [0.5, 0.6) is 0 Å². The Labute approximate surface area is 192 Å². The second-order valence-electron chi connectivity index (χ2n) is 8.46. The highest BCUT2D eigenvalue weighted by molar-refractivity contribution is 7.92. The lowest BCUT2D eigenvalue weighted by Gasteiger charge is -2.15. The highest BCUT2D eigenvalue weighted by atomic mass is 32.2. The van der Waals surface area contributed by atoms with Crippen LogP contribution in [-0.4, -0.2) is 43.7 Å². The van der Waals surface area contributed by atoms with Gasteiger partial charge in [0.15, 0.2) is 5.43 Å². The molecule has 168 valence electrons. The van der Waals surface area contributed by atoms with Crippen LogP contribution in [-0.2, 0) is 10.0 Å². The lowest BCUT2D eigenvalue weighted by Crippen LogP contribution is -2.29. The summed E-state index contributed by atoms with van der Waals surface area (Å²) in [6.45, 7) is 2.42. The van der Waals surface area contributed by atoms with Crippen molar-refractivity contribution in [2.45, 2.75) is 12.8 Å². The maximum Gasteiger partial charge on any atom is 0.233 e. The monoisotopic (exact) mass is 459 g/mol. The zero-order valence-corrected chi connectivity index (χ0v) is 19.0. The number of hydrogen-bond donors (Lipinski definition) is 1. The molecule has 0 amide bonds. The van der Waals surface area contributed by atoms with Gasteiger partial charge in [0.25, 0.3) is 0 Å². The topological polar surface area (TPSA) is 79.4 Å². The van der Waals surface area contributed by atoms with E-state index in [4.69, 9.17) is 0 Å². The average molecular weight is 460 g/mol. The first-order valence-corrected chi connectivity index (χ1v) is 12.8. The van der Waals surface area contributed by atoms with Gasteiger partial charge in [0.1, 0.15) is 0 Å². The number of fused-ring (bicyclic) bond motifs is 2. The number of likely N-dealkylation sites (tertiary alicyclic amines) is 1. The highest BCUT2D eigenvalue weighted by Gasteiger charge is 2.17. The molecule has 33 heavy (non-hydrogen) atoms. The highest BCUT2D eigenvalue weighted by Crippen LogP contribution is 2.23. The first-order valence-electron chi connectivity index (χ1n) is 11.1. The minimum Gasteiger partial charge on any atom is -0.302 e. The number of rotatable bonds is 6. The molecule has 0 saturated carbocycles. The number of hydrogen-bond acceptors (Lipinski definition) is 5. The maximum atomic E-state index is 13.5. The van der Waals surface area contributed by atoms with Crippen LogP contribution in [0.2, 0.25) is 0 Å². The summed E-state index contributed by atoms with van der Waals surface area (Å²) >= 11 is 0. The number of nitrogens with one attached hydrogen (secondary N) is 1. The van der Waals surface area contributed by atoms with Crippen LogP contribution in [0.15, 0.2) is 77.7 Å². The molecule has 5 rings (SSSR count). The van der Waals surface area contributed by atoms with Gasteiger partial charge in [-0.15, -0.1) is 0 Å². The third-order valence-corrected chi connectivity index (χ3v) is 7.40. The van der Waals surface area contributed by atoms with Gasteiger partial charge >= 0.3 is 0 Å². The Kier molecular flexibility index (Phi) is 5.83. The molecular formula is C26H25N3O3S. The van der Waals surface area contributed by atoms with Gasteiger partial charge in [-0.2, -0.15) is 0 Å². The van der Waals surface area contributed by atoms with E-state index in [9.17, 15) is 13.2 Å². The molecule has 0 aliphatic carbocycles. The van der Waals surface area contributed by atoms with Crippen LogP contribution < -0.4 is 10.2 Å². The van der Waals surface area contributed by atoms with E-state index in [2.05, 4.69) is 14.6 Å². The molecule has 1 fully saturated rings. The second-order valence-corrected chi connectivity index (χ2v) is 10.3. The van der Waals surface area contributed by atoms with E-state index in [1.54, 1.807) is 24.4 Å². The molecule has 1 aromatic heterocycles. The Morgan fingerprint density at radius 1 is 0.879 bits per heavy atom. The first-order chi connectivity index (χ1) is 16.0. The number of aromatic nitrogens is 1. The summed E-state index contributed by atoms with van der Waals surface area (Å²) in [7, 11) is -3.51. The van der Waals surface area contributed by atoms with Crippen molar-refractivity contribution in [3.05, 3.63) is 83.2 Å². The Morgan fingerprint density at radius 3 is 2.42 bits per heavy atom. The van der Waals surface area contributed by atoms with Crippen LogP contribution >= 0.6 is 0 Å². The first kappa shape index (κ1) is 21.6. The van der Waals surface area contributed by atoms with Crippen molar-refractivity contribution < 1.29 is 8.42 Å². The lowest BCUT2D eigenvalue weighted by molar-refractivity contribution is 0.359. The molecule has 2 heterocycles. The third kappa shape index (κ3) is 4.74. The number of pyridine rings is 1. The predicted molar refractivity (Wildman–Crippen MR) is 134 cm³/mol. The SMILES string of the molecule is O=c1c2cc(NS(=O)(=O)CCN3CCCC3)ccc2ccc2ncc(-c3ccccc3)cc12. The smallest absolute Gasteiger partial charge is 0.233 e. The van der Waals surface area contributed by atoms with Gasteiger partial charge in [-0.25, -0.2) is 8.42 Å². The molecular weight excluding hydrogens is 434 g/mol. The Bertz CT molecular complexity index is 1480. The van der Waals surface area contributed by atoms with Gasteiger partial charge in [-0.1, -0.05) is 42.5 Å². The van der Waals surface area contributed by atoms with Crippen LogP contribution in [0.25, 0.3) is 32.8 Å². The minimum atomic E-state index is -3.51. The van der Waals surface area contributed by atoms with Gasteiger partial charge in [-0.05, 0) is 61.1 Å². The van der Waals surface area contributed by atoms with Crippen LogP contribution in [0.4, 0.5) is 5.69 Å². The molecule has 1 saturated heterocycles. The molecule has 7 heteroatoms. The van der Waals surface area contributed by atoms with Crippen LogP contribution in [0, 0.1) is 0 Å². The summed E-state index contributed by atoms with van der Waals surface area (Å²) in [6, 6.07) is 20.4. The quantitative estimate of drug-likeness (QED) is 0.466. The number of sulfonamides is 1. The Balaban J connectivity index is 1.51. The molecule has 0 spiro atoms. The third-order valence-electron chi connectivity index (χ3n) is 6.14. The number of anilines is 1. The fraction of sp³-hybridized carbons (Fsp3) is 0.231. The van der Waals surface area contributed by atoms with Crippen molar-refractivity contribution in [2.75, 3.05) is 30.1 Å². The van der Waals surface area contributed by atoms with E-state index >= 15 is 0 Å². The molecule has 0 radical (unpaired) electrons. The maximum absolute atomic E-state index is 13.5. The largest absolute Gasteiger partial charge is 0.302 e. The van der Waals surface area contributed by atoms with E-state index in [0.29, 0.717) is 28.5 Å². The van der Waals surface area contributed by atoms with Gasteiger partial charge in [0, 0.05) is 34.8 Å². The van der Waals surface area contributed by atoms with Crippen molar-refractivity contribution in [3.63, 3.8) is 0 Å². The summed E-state index contributed by atoms with van der Waals surface area (Å²) in [5.41, 5.74) is 2.66. The molecule has 0 unspecified atom stereocenters. The zero-order chi connectivity index (χ0) is 22.8. The van der Waals surface area contributed by atoms with Crippen molar-refractivity contribution in [1.82, 2.24) is 9.88 Å². The van der Waals surface area contributed by atoms with E-state index < -0.39 is 10.0 Å². The van der Waals surface area contributed by atoms with E-state index in [1.165, 1.54) is 0 Å². The molecule has 4 aromatic rings. The summed E-state index contributed by atoms with van der Waals surface area (Å²) in [5, 5.41) is 1.69. The molecule has 3 aromatic carbocycles. The Morgan fingerprint density at radius 2 is 1.64 bits per heavy atom. The predicted octanol–water partition coefficient (Wildman–Crippen LogP) is 4.25. The summed E-state index contributed by atoms with van der Waals surface area (Å²) in [5.74, 6) is 0.0329. The molecule has 0 bridgehead atoms. The van der Waals surface area contributed by atoms with Gasteiger partial charge in [-0.3, -0.25) is 14.5 Å². The minimum absolute atomic E-state index is 0.0329. The standard InChI is InChI=1S/C26H25N3O3S/c30-26-23-17-22(28-33(31,32)15-14-29-12-4-5-13-29)10-8-20(23)9-11-25-24(26)16-21(18-27-25)19-6-2-1-3-7-19/h1-3,6-11,16-18,28H,4-5,12-15H2. The van der Waals surface area contributed by atoms with Gasteiger partial charge in [0.05, 0.1) is 11.3 Å². The Hall–Kier alpha value is -3.29. The number of nitrogens with zero attached hydrogens (tertiary/aromatic N) is 2. The van der Waals surface area contributed by atoms with Crippen molar-refractivity contribution >= 4 is 37.4 Å². The molecule has 1 aliphatic rings. The molecule has 6 nitrogen and oxygen atoms in total. The normalized spacial score (nSPS) is 14.7. The summed E-state index contributed by atoms with van der Waals surface area (Å²) in [4.78, 5) is 20.1. The van der Waals surface area contributed by atoms with Crippen molar-refractivity contribution in [3.8, 4) is 11.1 Å².